The van der Waals surface area contributed by atoms with E-state index in [4.69, 9.17) is 15.0 Å². The van der Waals surface area contributed by atoms with Gasteiger partial charge in [-0.25, -0.2) is 18.7 Å². The van der Waals surface area contributed by atoms with Crippen LogP contribution in [0.1, 0.15) is 69.7 Å². The number of aromatic nitrogens is 4. The van der Waals surface area contributed by atoms with Gasteiger partial charge in [-0.05, 0) is 61.3 Å². The highest BCUT2D eigenvalue weighted by Crippen LogP contribution is 2.32. The summed E-state index contributed by atoms with van der Waals surface area (Å²) >= 11 is 0. The van der Waals surface area contributed by atoms with Crippen molar-refractivity contribution in [1.82, 2.24) is 20.1 Å². The van der Waals surface area contributed by atoms with Gasteiger partial charge in [-0.2, -0.15) is 4.98 Å². The molecule has 0 aliphatic carbocycles. The van der Waals surface area contributed by atoms with Gasteiger partial charge >= 0.3 is 6.01 Å². The number of hydrogen-bond donors (Lipinski definition) is 1. The van der Waals surface area contributed by atoms with Crippen molar-refractivity contribution in [1.29, 1.82) is 0 Å². The Bertz CT molecular complexity index is 1250. The third-order valence-electron chi connectivity index (χ3n) is 8.34. The fraction of sp³-hybridized carbons (Fsp3) is 0.586. The Balaban J connectivity index is 0.00000387. The summed E-state index contributed by atoms with van der Waals surface area (Å²) in [4.78, 5) is 17.7. The lowest BCUT2D eigenvalue weighted by molar-refractivity contribution is 0.216. The molecule has 0 radical (unpaired) electrons. The van der Waals surface area contributed by atoms with E-state index in [2.05, 4.69) is 45.8 Å². The average Bonchev–Trinajstić information content (AvgIpc) is 3.46. The molecule has 41 heavy (non-hydrogen) atoms. The molecule has 224 valence electrons. The SMILES string of the molecule is CC(C)c1noc(N2CCC([C@H](C)CCOc3cnc(N4CC[C@@H](c5cc(F)ccc5F)[C@H](N)C4)cn3)CC2)n1.Cl. The van der Waals surface area contributed by atoms with E-state index in [1.807, 2.05) is 4.90 Å². The van der Waals surface area contributed by atoms with Crippen molar-refractivity contribution in [3.8, 4) is 5.88 Å². The summed E-state index contributed by atoms with van der Waals surface area (Å²) in [7, 11) is 0. The van der Waals surface area contributed by atoms with Crippen LogP contribution in [0.3, 0.4) is 0 Å². The number of piperidine rings is 2. The van der Waals surface area contributed by atoms with Gasteiger partial charge in [-0.15, -0.1) is 12.4 Å². The molecule has 4 heterocycles. The zero-order chi connectivity index (χ0) is 28.2. The van der Waals surface area contributed by atoms with Gasteiger partial charge in [0.25, 0.3) is 0 Å². The number of ether oxygens (including phenoxy) is 1. The van der Waals surface area contributed by atoms with Crippen molar-refractivity contribution in [3.05, 3.63) is 53.6 Å². The van der Waals surface area contributed by atoms with Crippen LogP contribution in [0.5, 0.6) is 5.88 Å². The third-order valence-corrected chi connectivity index (χ3v) is 8.34. The zero-order valence-corrected chi connectivity index (χ0v) is 24.7. The highest BCUT2D eigenvalue weighted by atomic mass is 35.5. The van der Waals surface area contributed by atoms with Gasteiger partial charge in [-0.3, -0.25) is 0 Å². The summed E-state index contributed by atoms with van der Waals surface area (Å²) in [5, 5.41) is 4.08. The average molecular weight is 592 g/mol. The maximum Gasteiger partial charge on any atom is 0.324 e. The molecule has 3 atom stereocenters. The second-order valence-electron chi connectivity index (χ2n) is 11.4. The van der Waals surface area contributed by atoms with Gasteiger partial charge in [0.1, 0.15) is 17.5 Å². The van der Waals surface area contributed by atoms with E-state index in [1.54, 1.807) is 12.4 Å². The number of nitrogens with two attached hydrogens (primary N) is 1. The summed E-state index contributed by atoms with van der Waals surface area (Å²) in [6.07, 6.45) is 7.03. The van der Waals surface area contributed by atoms with E-state index in [-0.39, 0.29) is 30.3 Å². The predicted molar refractivity (Wildman–Crippen MR) is 156 cm³/mol. The van der Waals surface area contributed by atoms with Gasteiger partial charge in [0, 0.05) is 44.1 Å². The van der Waals surface area contributed by atoms with E-state index in [1.165, 1.54) is 6.07 Å². The standard InChI is InChI=1S/C29H39F2N7O2.ClH/c1-18(2)28-35-29(40-36-28)37-10-6-20(7-11-37)19(3)9-13-39-27-16-33-26(15-34-27)38-12-8-22(25(32)17-38)23-14-21(30)4-5-24(23)31;/h4-5,14-16,18-20,22,25H,6-13,17,32H2,1-3H3;1H/t19-,22+,25-;/m1./s1. The van der Waals surface area contributed by atoms with Crippen molar-refractivity contribution < 1.29 is 18.0 Å². The number of benzene rings is 1. The Morgan fingerprint density at radius 2 is 1.80 bits per heavy atom. The minimum absolute atomic E-state index is 0. The Labute approximate surface area is 246 Å². The van der Waals surface area contributed by atoms with E-state index in [0.717, 1.165) is 50.3 Å². The molecule has 0 amide bonds. The molecular weight excluding hydrogens is 552 g/mol. The minimum atomic E-state index is -0.451. The predicted octanol–water partition coefficient (Wildman–Crippen LogP) is 5.33. The van der Waals surface area contributed by atoms with Crippen LogP contribution in [0.15, 0.2) is 35.1 Å². The summed E-state index contributed by atoms with van der Waals surface area (Å²) in [5.74, 6) is 2.23. The Morgan fingerprint density at radius 1 is 1.05 bits per heavy atom. The smallest absolute Gasteiger partial charge is 0.324 e. The molecule has 2 N–H and O–H groups in total. The van der Waals surface area contributed by atoms with Crippen LogP contribution in [-0.4, -0.2) is 58.9 Å². The second-order valence-corrected chi connectivity index (χ2v) is 11.4. The monoisotopic (exact) mass is 591 g/mol. The fourth-order valence-electron chi connectivity index (χ4n) is 5.76. The normalized spacial score (nSPS) is 20.7. The van der Waals surface area contributed by atoms with E-state index >= 15 is 0 Å². The largest absolute Gasteiger partial charge is 0.477 e. The Morgan fingerprint density at radius 3 is 2.46 bits per heavy atom. The lowest BCUT2D eigenvalue weighted by Gasteiger charge is -2.37. The van der Waals surface area contributed by atoms with E-state index in [0.29, 0.717) is 61.2 Å². The Hall–Kier alpha value is -3.05. The summed E-state index contributed by atoms with van der Waals surface area (Å²) < 4.78 is 39.3. The molecule has 0 unspecified atom stereocenters. The molecular formula is C29H40ClF2N7O2. The van der Waals surface area contributed by atoms with Crippen LogP contribution in [0.25, 0.3) is 0 Å². The maximum absolute atomic E-state index is 14.3. The molecule has 0 spiro atoms. The zero-order valence-electron chi connectivity index (χ0n) is 23.9. The summed E-state index contributed by atoms with van der Waals surface area (Å²) in [6, 6.07) is 3.83. The molecule has 2 aliphatic heterocycles. The molecule has 2 fully saturated rings. The topological polar surface area (TPSA) is 106 Å². The quantitative estimate of drug-likeness (QED) is 0.353. The number of nitrogens with zero attached hydrogens (tertiary/aromatic N) is 6. The van der Waals surface area contributed by atoms with E-state index < -0.39 is 11.6 Å². The second kappa shape index (κ2) is 13.7. The van der Waals surface area contributed by atoms with Gasteiger partial charge < -0.3 is 24.8 Å². The first-order chi connectivity index (χ1) is 19.3. The van der Waals surface area contributed by atoms with Gasteiger partial charge in [0.2, 0.25) is 5.88 Å². The van der Waals surface area contributed by atoms with Crippen molar-refractivity contribution in [3.63, 3.8) is 0 Å². The van der Waals surface area contributed by atoms with Crippen LogP contribution >= 0.6 is 12.4 Å². The van der Waals surface area contributed by atoms with Crippen molar-refractivity contribution in [2.24, 2.45) is 17.6 Å². The molecule has 1 aromatic carbocycles. The number of rotatable bonds is 9. The molecule has 2 aliphatic rings. The van der Waals surface area contributed by atoms with Crippen LogP contribution in [-0.2, 0) is 0 Å². The van der Waals surface area contributed by atoms with Crippen LogP contribution < -0.4 is 20.3 Å². The summed E-state index contributed by atoms with van der Waals surface area (Å²) in [5.41, 5.74) is 6.72. The molecule has 9 nitrogen and oxygen atoms in total. The van der Waals surface area contributed by atoms with Crippen molar-refractivity contribution in [2.45, 2.75) is 64.3 Å². The molecule has 2 saturated heterocycles. The molecule has 2 aromatic heterocycles. The number of anilines is 2. The van der Waals surface area contributed by atoms with Gasteiger partial charge in [-0.1, -0.05) is 25.9 Å². The first-order valence-corrected chi connectivity index (χ1v) is 14.3. The van der Waals surface area contributed by atoms with Crippen molar-refractivity contribution >= 4 is 24.2 Å². The minimum Gasteiger partial charge on any atom is -0.477 e. The lowest BCUT2D eigenvalue weighted by Crippen LogP contribution is -2.48. The molecule has 5 rings (SSSR count). The highest BCUT2D eigenvalue weighted by molar-refractivity contribution is 5.85. The van der Waals surface area contributed by atoms with Crippen molar-refractivity contribution in [2.75, 3.05) is 42.6 Å². The first kappa shape index (κ1) is 30.9. The third kappa shape index (κ3) is 7.43. The van der Waals surface area contributed by atoms with Gasteiger partial charge in [0.15, 0.2) is 5.82 Å². The first-order valence-electron chi connectivity index (χ1n) is 14.3. The summed E-state index contributed by atoms with van der Waals surface area (Å²) in [6.45, 7) is 9.93. The fourth-order valence-corrected chi connectivity index (χ4v) is 5.76. The maximum atomic E-state index is 14.3. The molecule has 0 saturated carbocycles. The van der Waals surface area contributed by atoms with Crippen LogP contribution in [0.4, 0.5) is 20.6 Å². The van der Waals surface area contributed by atoms with Crippen LogP contribution in [0.2, 0.25) is 0 Å². The number of halogens is 3. The highest BCUT2D eigenvalue weighted by Gasteiger charge is 2.31. The van der Waals surface area contributed by atoms with Gasteiger partial charge in [0.05, 0.1) is 19.0 Å². The molecule has 12 heteroatoms. The molecule has 3 aromatic rings. The lowest BCUT2D eigenvalue weighted by atomic mass is 9.84. The molecule has 0 bridgehead atoms. The van der Waals surface area contributed by atoms with Crippen LogP contribution in [0, 0.1) is 23.5 Å². The number of hydrogen-bond acceptors (Lipinski definition) is 9. The Kier molecular flexibility index (Phi) is 10.4. The van der Waals surface area contributed by atoms with E-state index in [9.17, 15) is 8.78 Å².